The van der Waals surface area contributed by atoms with Gasteiger partial charge in [0.2, 0.25) is 0 Å². The van der Waals surface area contributed by atoms with Crippen molar-refractivity contribution in [2.24, 2.45) is 0 Å². The normalized spacial score (nSPS) is 9.60. The van der Waals surface area contributed by atoms with Crippen molar-refractivity contribution in [3.05, 3.63) is 47.8 Å². The van der Waals surface area contributed by atoms with Crippen LogP contribution in [0.3, 0.4) is 0 Å². The number of rotatable bonds is 1. The third kappa shape index (κ3) is 2.00. The lowest BCUT2D eigenvalue weighted by Crippen LogP contribution is -1.89. The van der Waals surface area contributed by atoms with Crippen LogP contribution in [-0.2, 0) is 0 Å². The molecule has 0 bridgehead atoms. The Morgan fingerprint density at radius 2 is 1.93 bits per heavy atom. The molecular formula is C12H9N3. The van der Waals surface area contributed by atoms with Gasteiger partial charge in [-0.3, -0.25) is 0 Å². The van der Waals surface area contributed by atoms with Gasteiger partial charge < -0.3 is 0 Å². The number of aromatic nitrogens is 2. The summed E-state index contributed by atoms with van der Waals surface area (Å²) in [6.07, 6.45) is 3.06. The minimum atomic E-state index is 0.478. The maximum atomic E-state index is 8.61. The molecule has 15 heavy (non-hydrogen) atoms. The van der Waals surface area contributed by atoms with Gasteiger partial charge in [-0.1, -0.05) is 23.8 Å². The van der Waals surface area contributed by atoms with Crippen molar-refractivity contribution in [3.8, 4) is 17.5 Å². The minimum Gasteiger partial charge on any atom is -0.235 e. The molecule has 1 aromatic heterocycles. The van der Waals surface area contributed by atoms with Crippen molar-refractivity contribution in [1.29, 1.82) is 5.26 Å². The lowest BCUT2D eigenvalue weighted by molar-refractivity contribution is 1.16. The summed E-state index contributed by atoms with van der Waals surface area (Å²) >= 11 is 0. The first kappa shape index (κ1) is 9.35. The van der Waals surface area contributed by atoms with Gasteiger partial charge in [0.25, 0.3) is 0 Å². The molecule has 3 heteroatoms. The topological polar surface area (TPSA) is 49.6 Å². The molecule has 0 atom stereocenters. The Balaban J connectivity index is 2.42. The van der Waals surface area contributed by atoms with Gasteiger partial charge in [0, 0.05) is 18.0 Å². The molecule has 0 N–H and O–H groups in total. The SMILES string of the molecule is Cc1cccc(-c2ncc(C#N)cn2)c1. The van der Waals surface area contributed by atoms with E-state index in [-0.39, 0.29) is 0 Å². The fourth-order valence-corrected chi connectivity index (χ4v) is 1.32. The molecule has 1 aromatic carbocycles. The molecule has 2 aromatic rings. The van der Waals surface area contributed by atoms with Gasteiger partial charge in [-0.25, -0.2) is 9.97 Å². The summed E-state index contributed by atoms with van der Waals surface area (Å²) in [5.41, 5.74) is 2.62. The predicted octanol–water partition coefficient (Wildman–Crippen LogP) is 2.32. The second-order valence-corrected chi connectivity index (χ2v) is 3.28. The lowest BCUT2D eigenvalue weighted by Gasteiger charge is -2.00. The molecule has 1 heterocycles. The van der Waals surface area contributed by atoms with Crippen molar-refractivity contribution in [2.75, 3.05) is 0 Å². The summed E-state index contributed by atoms with van der Waals surface area (Å²) in [6, 6.07) is 9.95. The molecule has 0 amide bonds. The second-order valence-electron chi connectivity index (χ2n) is 3.28. The van der Waals surface area contributed by atoms with Gasteiger partial charge in [0.1, 0.15) is 6.07 Å². The fourth-order valence-electron chi connectivity index (χ4n) is 1.32. The minimum absolute atomic E-state index is 0.478. The molecule has 0 aliphatic heterocycles. The Morgan fingerprint density at radius 1 is 1.20 bits per heavy atom. The maximum Gasteiger partial charge on any atom is 0.159 e. The lowest BCUT2D eigenvalue weighted by atomic mass is 10.1. The van der Waals surface area contributed by atoms with Crippen LogP contribution < -0.4 is 0 Å². The summed E-state index contributed by atoms with van der Waals surface area (Å²) < 4.78 is 0. The highest BCUT2D eigenvalue weighted by Gasteiger charge is 2.00. The molecule has 0 saturated heterocycles. The van der Waals surface area contributed by atoms with Crippen molar-refractivity contribution < 1.29 is 0 Å². The van der Waals surface area contributed by atoms with Crippen LogP contribution in [0.15, 0.2) is 36.7 Å². The van der Waals surface area contributed by atoms with E-state index in [4.69, 9.17) is 5.26 Å². The van der Waals surface area contributed by atoms with Gasteiger partial charge in [0.05, 0.1) is 5.56 Å². The van der Waals surface area contributed by atoms with E-state index in [1.165, 1.54) is 18.0 Å². The van der Waals surface area contributed by atoms with Gasteiger partial charge in [0.15, 0.2) is 5.82 Å². The Morgan fingerprint density at radius 3 is 2.53 bits per heavy atom. The molecule has 0 spiro atoms. The second kappa shape index (κ2) is 3.89. The smallest absolute Gasteiger partial charge is 0.159 e. The van der Waals surface area contributed by atoms with Gasteiger partial charge in [-0.15, -0.1) is 0 Å². The van der Waals surface area contributed by atoms with Crippen molar-refractivity contribution >= 4 is 0 Å². The summed E-state index contributed by atoms with van der Waals surface area (Å²) in [5.74, 6) is 0.651. The van der Waals surface area contributed by atoms with Crippen LogP contribution in [0, 0.1) is 18.3 Å². The summed E-state index contributed by atoms with van der Waals surface area (Å²) in [5, 5.41) is 8.61. The number of nitriles is 1. The van der Waals surface area contributed by atoms with Crippen LogP contribution in [0.5, 0.6) is 0 Å². The Bertz CT molecular complexity index is 509. The largest absolute Gasteiger partial charge is 0.235 e. The first-order valence-corrected chi connectivity index (χ1v) is 4.59. The molecular weight excluding hydrogens is 186 g/mol. The molecule has 2 rings (SSSR count). The van der Waals surface area contributed by atoms with Gasteiger partial charge in [-0.2, -0.15) is 5.26 Å². The first-order chi connectivity index (χ1) is 7.29. The summed E-state index contributed by atoms with van der Waals surface area (Å²) in [7, 11) is 0. The van der Waals surface area contributed by atoms with Gasteiger partial charge in [-0.05, 0) is 13.0 Å². The zero-order valence-electron chi connectivity index (χ0n) is 8.31. The van der Waals surface area contributed by atoms with E-state index in [0.717, 1.165) is 5.56 Å². The highest BCUT2D eigenvalue weighted by Crippen LogP contribution is 2.15. The molecule has 3 nitrogen and oxygen atoms in total. The van der Waals surface area contributed by atoms with Crippen LogP contribution in [0.4, 0.5) is 0 Å². The highest BCUT2D eigenvalue weighted by atomic mass is 14.9. The van der Waals surface area contributed by atoms with E-state index in [1.807, 2.05) is 37.3 Å². The average Bonchev–Trinajstić information content (AvgIpc) is 2.29. The van der Waals surface area contributed by atoms with Crippen LogP contribution in [-0.4, -0.2) is 9.97 Å². The molecule has 0 unspecified atom stereocenters. The van der Waals surface area contributed by atoms with Crippen LogP contribution in [0.2, 0.25) is 0 Å². The highest BCUT2D eigenvalue weighted by molar-refractivity contribution is 5.55. The van der Waals surface area contributed by atoms with Crippen molar-refractivity contribution in [1.82, 2.24) is 9.97 Å². The van der Waals surface area contributed by atoms with Crippen molar-refractivity contribution in [3.63, 3.8) is 0 Å². The average molecular weight is 195 g/mol. The standard InChI is InChI=1S/C12H9N3/c1-9-3-2-4-11(5-9)12-14-7-10(6-13)8-15-12/h2-5,7-8H,1H3. The zero-order valence-corrected chi connectivity index (χ0v) is 8.31. The zero-order chi connectivity index (χ0) is 10.7. The number of benzene rings is 1. The summed E-state index contributed by atoms with van der Waals surface area (Å²) in [6.45, 7) is 2.02. The van der Waals surface area contributed by atoms with Crippen LogP contribution in [0.25, 0.3) is 11.4 Å². The number of hydrogen-bond acceptors (Lipinski definition) is 3. The predicted molar refractivity (Wildman–Crippen MR) is 56.9 cm³/mol. The molecule has 0 aliphatic rings. The Kier molecular flexibility index (Phi) is 2.42. The quantitative estimate of drug-likeness (QED) is 0.701. The first-order valence-electron chi connectivity index (χ1n) is 4.59. The molecule has 0 saturated carbocycles. The van der Waals surface area contributed by atoms with E-state index >= 15 is 0 Å². The number of aryl methyl sites for hydroxylation is 1. The third-order valence-electron chi connectivity index (χ3n) is 2.06. The number of hydrogen-bond donors (Lipinski definition) is 0. The summed E-state index contributed by atoms with van der Waals surface area (Å²) in [4.78, 5) is 8.25. The van der Waals surface area contributed by atoms with E-state index in [0.29, 0.717) is 11.4 Å². The fraction of sp³-hybridized carbons (Fsp3) is 0.0833. The molecule has 72 valence electrons. The molecule has 0 aliphatic carbocycles. The Labute approximate surface area is 88.1 Å². The third-order valence-corrected chi connectivity index (χ3v) is 2.06. The number of nitrogens with zero attached hydrogens (tertiary/aromatic N) is 3. The van der Waals surface area contributed by atoms with E-state index < -0.39 is 0 Å². The van der Waals surface area contributed by atoms with Crippen molar-refractivity contribution in [2.45, 2.75) is 6.92 Å². The van der Waals surface area contributed by atoms with Crippen LogP contribution in [0.1, 0.15) is 11.1 Å². The monoisotopic (exact) mass is 195 g/mol. The van der Waals surface area contributed by atoms with Gasteiger partial charge >= 0.3 is 0 Å². The van der Waals surface area contributed by atoms with Crippen LogP contribution >= 0.6 is 0 Å². The van der Waals surface area contributed by atoms with E-state index in [1.54, 1.807) is 0 Å². The molecule has 0 radical (unpaired) electrons. The molecule has 0 fully saturated rings. The maximum absolute atomic E-state index is 8.61. The van der Waals surface area contributed by atoms with E-state index in [9.17, 15) is 0 Å². The Hall–Kier alpha value is -2.21. The van der Waals surface area contributed by atoms with E-state index in [2.05, 4.69) is 9.97 Å².